The van der Waals surface area contributed by atoms with Crippen LogP contribution in [0.4, 0.5) is 5.82 Å². The molecule has 0 aliphatic rings. The number of nitrogens with one attached hydrogen (secondary N) is 1. The Morgan fingerprint density at radius 2 is 2.11 bits per heavy atom. The van der Waals surface area contributed by atoms with Crippen molar-refractivity contribution in [1.29, 1.82) is 0 Å². The van der Waals surface area contributed by atoms with Crippen molar-refractivity contribution in [2.75, 3.05) is 12.4 Å². The van der Waals surface area contributed by atoms with Gasteiger partial charge in [0, 0.05) is 18.4 Å². The number of methoxy groups -OCH3 is 1. The molecule has 0 atom stereocenters. The van der Waals surface area contributed by atoms with Crippen LogP contribution in [0.1, 0.15) is 11.3 Å². The summed E-state index contributed by atoms with van der Waals surface area (Å²) in [5, 5.41) is 3.43. The maximum atomic E-state index is 5.90. The summed E-state index contributed by atoms with van der Waals surface area (Å²) in [5.74, 6) is 1.01. The third-order valence-corrected chi connectivity index (χ3v) is 2.67. The van der Waals surface area contributed by atoms with Gasteiger partial charge in [-0.25, -0.2) is 9.97 Å². The van der Waals surface area contributed by atoms with Gasteiger partial charge in [-0.1, -0.05) is 17.7 Å². The largest absolute Gasteiger partial charge is 0.490 e. The summed E-state index contributed by atoms with van der Waals surface area (Å²) < 4.78 is 5.15. The minimum absolute atomic E-state index is 0.289. The molecule has 0 saturated carbocycles. The zero-order chi connectivity index (χ0) is 13.0. The number of aryl methyl sites for hydroxylation is 1. The molecule has 94 valence electrons. The topological polar surface area (TPSA) is 59.9 Å². The molecule has 2 aromatic rings. The van der Waals surface area contributed by atoms with Crippen molar-refractivity contribution in [3.05, 3.63) is 41.1 Å². The number of nitrogens with zero attached hydrogens (tertiary/aromatic N) is 3. The van der Waals surface area contributed by atoms with Crippen molar-refractivity contribution < 1.29 is 4.74 Å². The molecule has 0 amide bonds. The van der Waals surface area contributed by atoms with Gasteiger partial charge in [0.2, 0.25) is 0 Å². The number of anilines is 1. The summed E-state index contributed by atoms with van der Waals surface area (Å²) in [6.45, 7) is 2.54. The van der Waals surface area contributed by atoms with Crippen LogP contribution in [0.2, 0.25) is 5.15 Å². The van der Waals surface area contributed by atoms with Gasteiger partial charge in [-0.15, -0.1) is 0 Å². The Morgan fingerprint density at radius 3 is 2.78 bits per heavy atom. The van der Waals surface area contributed by atoms with Crippen LogP contribution in [0.3, 0.4) is 0 Å². The van der Waals surface area contributed by atoms with E-state index in [0.717, 1.165) is 11.3 Å². The van der Waals surface area contributed by atoms with Crippen molar-refractivity contribution in [1.82, 2.24) is 15.0 Å². The third kappa shape index (κ3) is 2.87. The lowest BCUT2D eigenvalue weighted by Crippen LogP contribution is -2.04. The second-order valence-corrected chi connectivity index (χ2v) is 4.07. The van der Waals surface area contributed by atoms with E-state index in [2.05, 4.69) is 20.3 Å². The number of ether oxygens (including phenoxy) is 1. The second kappa shape index (κ2) is 5.64. The lowest BCUT2D eigenvalue weighted by molar-refractivity contribution is 0.413. The maximum Gasteiger partial charge on any atom is 0.198 e. The first-order valence-corrected chi connectivity index (χ1v) is 5.78. The number of pyridine rings is 1. The lowest BCUT2D eigenvalue weighted by Gasteiger charge is -2.10. The van der Waals surface area contributed by atoms with Crippen molar-refractivity contribution >= 4 is 17.4 Å². The van der Waals surface area contributed by atoms with Gasteiger partial charge in [-0.3, -0.25) is 4.98 Å². The molecule has 0 unspecified atom stereocenters. The number of halogens is 1. The summed E-state index contributed by atoms with van der Waals surface area (Å²) in [6.07, 6.45) is 3.21. The molecule has 2 heterocycles. The Bertz CT molecular complexity index is 530. The van der Waals surface area contributed by atoms with Gasteiger partial charge < -0.3 is 10.1 Å². The number of hydrogen-bond acceptors (Lipinski definition) is 5. The lowest BCUT2D eigenvalue weighted by atomic mass is 10.2. The van der Waals surface area contributed by atoms with Gasteiger partial charge in [0.15, 0.2) is 16.7 Å². The van der Waals surface area contributed by atoms with Crippen molar-refractivity contribution in [2.24, 2.45) is 0 Å². The smallest absolute Gasteiger partial charge is 0.198 e. The zero-order valence-electron chi connectivity index (χ0n) is 10.1. The van der Waals surface area contributed by atoms with Crippen molar-refractivity contribution in [3.8, 4) is 5.75 Å². The average molecular weight is 265 g/mol. The van der Waals surface area contributed by atoms with E-state index in [1.54, 1.807) is 0 Å². The summed E-state index contributed by atoms with van der Waals surface area (Å²) in [4.78, 5) is 12.2. The normalized spacial score (nSPS) is 10.2. The van der Waals surface area contributed by atoms with E-state index in [-0.39, 0.29) is 5.15 Å². The van der Waals surface area contributed by atoms with Gasteiger partial charge in [0.1, 0.15) is 6.33 Å². The molecule has 5 nitrogen and oxygen atoms in total. The van der Waals surface area contributed by atoms with E-state index in [4.69, 9.17) is 16.3 Å². The monoisotopic (exact) mass is 264 g/mol. The second-order valence-electron chi connectivity index (χ2n) is 3.71. The highest BCUT2D eigenvalue weighted by Gasteiger charge is 2.09. The van der Waals surface area contributed by atoms with Crippen LogP contribution in [0, 0.1) is 6.92 Å². The SMILES string of the molecule is COc1c(Cl)ncnc1NCc1ccc(C)nc1. The quantitative estimate of drug-likeness (QED) is 0.860. The van der Waals surface area contributed by atoms with Gasteiger partial charge in [-0.2, -0.15) is 0 Å². The first kappa shape index (κ1) is 12.6. The van der Waals surface area contributed by atoms with E-state index in [1.807, 2.05) is 25.3 Å². The highest BCUT2D eigenvalue weighted by molar-refractivity contribution is 6.31. The predicted octanol–water partition coefficient (Wildman–Crippen LogP) is 2.45. The van der Waals surface area contributed by atoms with E-state index in [9.17, 15) is 0 Å². The maximum absolute atomic E-state index is 5.90. The zero-order valence-corrected chi connectivity index (χ0v) is 10.9. The van der Waals surface area contributed by atoms with Crippen LogP contribution in [-0.4, -0.2) is 22.1 Å². The van der Waals surface area contributed by atoms with E-state index in [0.29, 0.717) is 18.1 Å². The molecule has 0 bridgehead atoms. The molecule has 0 aliphatic heterocycles. The van der Waals surface area contributed by atoms with Gasteiger partial charge >= 0.3 is 0 Å². The average Bonchev–Trinajstić information content (AvgIpc) is 2.38. The van der Waals surface area contributed by atoms with E-state index < -0.39 is 0 Å². The fourth-order valence-electron chi connectivity index (χ4n) is 1.45. The molecule has 0 radical (unpaired) electrons. The Labute approximate surface area is 110 Å². The standard InChI is InChI=1S/C12H13ClN4O/c1-8-3-4-9(5-14-8)6-15-12-10(18-2)11(13)16-7-17-12/h3-5,7H,6H2,1-2H3,(H,15,16,17). The fraction of sp³-hybridized carbons (Fsp3) is 0.250. The van der Waals surface area contributed by atoms with E-state index in [1.165, 1.54) is 13.4 Å². The van der Waals surface area contributed by atoms with Gasteiger partial charge in [0.05, 0.1) is 7.11 Å². The third-order valence-electron chi connectivity index (χ3n) is 2.40. The summed E-state index contributed by atoms with van der Waals surface area (Å²) >= 11 is 5.90. The summed E-state index contributed by atoms with van der Waals surface area (Å²) in [7, 11) is 1.53. The molecule has 0 saturated heterocycles. The van der Waals surface area contributed by atoms with Crippen molar-refractivity contribution in [2.45, 2.75) is 13.5 Å². The summed E-state index contributed by atoms with van der Waals surface area (Å²) in [5.41, 5.74) is 2.04. The molecule has 1 N–H and O–H groups in total. The molecular formula is C12H13ClN4O. The molecule has 18 heavy (non-hydrogen) atoms. The fourth-order valence-corrected chi connectivity index (χ4v) is 1.66. The molecular weight excluding hydrogens is 252 g/mol. The Balaban J connectivity index is 2.10. The van der Waals surface area contributed by atoms with Crippen LogP contribution in [0.5, 0.6) is 5.75 Å². The molecule has 2 rings (SSSR count). The van der Waals surface area contributed by atoms with Crippen LogP contribution >= 0.6 is 11.6 Å². The molecule has 0 aliphatic carbocycles. The number of hydrogen-bond donors (Lipinski definition) is 1. The number of aromatic nitrogens is 3. The number of rotatable bonds is 4. The first-order chi connectivity index (χ1) is 8.70. The van der Waals surface area contributed by atoms with Crippen LogP contribution in [0.15, 0.2) is 24.7 Å². The minimum Gasteiger partial charge on any atom is -0.490 e. The van der Waals surface area contributed by atoms with Crippen LogP contribution in [0.25, 0.3) is 0 Å². The minimum atomic E-state index is 0.289. The highest BCUT2D eigenvalue weighted by atomic mass is 35.5. The van der Waals surface area contributed by atoms with Crippen LogP contribution in [-0.2, 0) is 6.54 Å². The molecule has 6 heteroatoms. The van der Waals surface area contributed by atoms with Gasteiger partial charge in [-0.05, 0) is 18.6 Å². The Hall–Kier alpha value is -1.88. The molecule has 0 aromatic carbocycles. The van der Waals surface area contributed by atoms with Gasteiger partial charge in [0.25, 0.3) is 0 Å². The molecule has 0 spiro atoms. The summed E-state index contributed by atoms with van der Waals surface area (Å²) in [6, 6.07) is 3.96. The molecule has 2 aromatic heterocycles. The highest BCUT2D eigenvalue weighted by Crippen LogP contribution is 2.28. The van der Waals surface area contributed by atoms with E-state index >= 15 is 0 Å². The van der Waals surface area contributed by atoms with Crippen molar-refractivity contribution in [3.63, 3.8) is 0 Å². The Kier molecular flexibility index (Phi) is 3.94. The van der Waals surface area contributed by atoms with Crippen LogP contribution < -0.4 is 10.1 Å². The predicted molar refractivity (Wildman–Crippen MR) is 69.9 cm³/mol. The molecule has 0 fully saturated rings. The Morgan fingerprint density at radius 1 is 1.28 bits per heavy atom. The first-order valence-electron chi connectivity index (χ1n) is 5.40.